The Morgan fingerprint density at radius 3 is 2.48 bits per heavy atom. The summed E-state index contributed by atoms with van der Waals surface area (Å²) in [6, 6.07) is 17.9. The number of benzene rings is 2. The first kappa shape index (κ1) is 15.5. The molecule has 118 valence electrons. The molecule has 0 bridgehead atoms. The Bertz CT molecular complexity index is 721. The van der Waals surface area contributed by atoms with Crippen molar-refractivity contribution in [3.05, 3.63) is 60.2 Å². The van der Waals surface area contributed by atoms with Crippen LogP contribution in [0.2, 0.25) is 0 Å². The van der Waals surface area contributed by atoms with Gasteiger partial charge in [-0.25, -0.2) is 4.99 Å². The van der Waals surface area contributed by atoms with E-state index in [0.29, 0.717) is 0 Å². The second kappa shape index (κ2) is 6.78. The Labute approximate surface area is 137 Å². The number of hydrogen-bond donors (Lipinski definition) is 0. The van der Waals surface area contributed by atoms with Gasteiger partial charge in [0.15, 0.2) is 0 Å². The maximum absolute atomic E-state index is 13.0. The van der Waals surface area contributed by atoms with E-state index in [4.69, 9.17) is 4.99 Å². The smallest absolute Gasteiger partial charge is 0.235 e. The highest BCUT2D eigenvalue weighted by Crippen LogP contribution is 2.34. The van der Waals surface area contributed by atoms with Crippen LogP contribution >= 0.6 is 0 Å². The SMILES string of the molecule is CCCCC1C(=O)N(C)c2ccccc2N=C1c1ccccc1. The number of rotatable bonds is 4. The number of unbranched alkanes of at least 4 members (excludes halogenated alkanes) is 1. The quantitative estimate of drug-likeness (QED) is 0.813. The molecular formula is C20H22N2O. The Kier molecular flexibility index (Phi) is 4.56. The van der Waals surface area contributed by atoms with Crippen molar-refractivity contribution in [3.8, 4) is 0 Å². The summed E-state index contributed by atoms with van der Waals surface area (Å²) < 4.78 is 0. The van der Waals surface area contributed by atoms with E-state index in [2.05, 4.69) is 6.92 Å². The summed E-state index contributed by atoms with van der Waals surface area (Å²) in [4.78, 5) is 19.7. The van der Waals surface area contributed by atoms with Crippen molar-refractivity contribution in [3.63, 3.8) is 0 Å². The zero-order valence-corrected chi connectivity index (χ0v) is 13.7. The Balaban J connectivity index is 2.14. The summed E-state index contributed by atoms with van der Waals surface area (Å²) in [5.74, 6) is -0.0549. The number of carbonyl (C=O) groups is 1. The van der Waals surface area contributed by atoms with Crippen molar-refractivity contribution in [1.82, 2.24) is 0 Å². The average molecular weight is 306 g/mol. The van der Waals surface area contributed by atoms with Gasteiger partial charge in [-0.1, -0.05) is 62.2 Å². The van der Waals surface area contributed by atoms with Crippen LogP contribution < -0.4 is 4.90 Å². The number of aliphatic imine (C=N–C) groups is 1. The molecule has 2 aromatic rings. The molecule has 2 aromatic carbocycles. The van der Waals surface area contributed by atoms with E-state index in [1.54, 1.807) is 4.90 Å². The highest BCUT2D eigenvalue weighted by atomic mass is 16.2. The lowest BCUT2D eigenvalue weighted by Crippen LogP contribution is -2.36. The summed E-state index contributed by atoms with van der Waals surface area (Å²) in [5.41, 5.74) is 3.67. The highest BCUT2D eigenvalue weighted by molar-refractivity contribution is 6.19. The Morgan fingerprint density at radius 2 is 1.74 bits per heavy atom. The van der Waals surface area contributed by atoms with Crippen LogP contribution in [0.1, 0.15) is 31.7 Å². The third kappa shape index (κ3) is 3.04. The maximum atomic E-state index is 13.0. The molecule has 3 heteroatoms. The Hall–Kier alpha value is -2.42. The van der Waals surface area contributed by atoms with Gasteiger partial charge in [0.25, 0.3) is 0 Å². The summed E-state index contributed by atoms with van der Waals surface area (Å²) in [6.07, 6.45) is 2.93. The second-order valence-corrected chi connectivity index (χ2v) is 5.94. The molecular weight excluding hydrogens is 284 g/mol. The van der Waals surface area contributed by atoms with E-state index in [9.17, 15) is 4.79 Å². The molecule has 0 fully saturated rings. The van der Waals surface area contributed by atoms with Gasteiger partial charge in [0.05, 0.1) is 23.0 Å². The third-order valence-electron chi connectivity index (χ3n) is 4.36. The Morgan fingerprint density at radius 1 is 1.04 bits per heavy atom. The van der Waals surface area contributed by atoms with Gasteiger partial charge in [-0.05, 0) is 24.1 Å². The van der Waals surface area contributed by atoms with Crippen LogP contribution in [0.15, 0.2) is 59.6 Å². The first-order chi connectivity index (χ1) is 11.2. The number of para-hydroxylation sites is 2. The molecule has 1 aliphatic rings. The van der Waals surface area contributed by atoms with Crippen LogP contribution in [0.25, 0.3) is 0 Å². The van der Waals surface area contributed by atoms with Crippen molar-refractivity contribution in [2.24, 2.45) is 10.9 Å². The van der Waals surface area contributed by atoms with Crippen LogP contribution in [0.4, 0.5) is 11.4 Å². The lowest BCUT2D eigenvalue weighted by atomic mass is 9.90. The summed E-state index contributed by atoms with van der Waals surface area (Å²) in [7, 11) is 1.85. The van der Waals surface area contributed by atoms with Gasteiger partial charge in [0.1, 0.15) is 0 Å². The van der Waals surface area contributed by atoms with E-state index in [-0.39, 0.29) is 11.8 Å². The molecule has 0 aromatic heterocycles. The van der Waals surface area contributed by atoms with Crippen LogP contribution in [0.5, 0.6) is 0 Å². The summed E-state index contributed by atoms with van der Waals surface area (Å²) in [5, 5.41) is 0. The summed E-state index contributed by atoms with van der Waals surface area (Å²) >= 11 is 0. The fraction of sp³-hybridized carbons (Fsp3) is 0.300. The van der Waals surface area contributed by atoms with Crippen molar-refractivity contribution in [1.29, 1.82) is 0 Å². The molecule has 0 saturated carbocycles. The fourth-order valence-electron chi connectivity index (χ4n) is 3.06. The van der Waals surface area contributed by atoms with Gasteiger partial charge in [0, 0.05) is 7.05 Å². The molecule has 0 spiro atoms. The standard InChI is InChI=1S/C20H22N2O/c1-3-4-12-16-19(15-10-6-5-7-11-15)21-17-13-8-9-14-18(17)22(2)20(16)23/h5-11,13-14,16H,3-4,12H2,1-2H3. The molecule has 1 aliphatic heterocycles. The second-order valence-electron chi connectivity index (χ2n) is 5.94. The van der Waals surface area contributed by atoms with E-state index in [1.807, 2.05) is 61.6 Å². The molecule has 23 heavy (non-hydrogen) atoms. The minimum absolute atomic E-state index is 0.131. The number of fused-ring (bicyclic) bond motifs is 1. The van der Waals surface area contributed by atoms with Gasteiger partial charge in [0.2, 0.25) is 5.91 Å². The minimum atomic E-state index is -0.185. The number of carbonyl (C=O) groups excluding carboxylic acids is 1. The minimum Gasteiger partial charge on any atom is -0.313 e. The predicted octanol–water partition coefficient (Wildman–Crippen LogP) is 4.59. The third-order valence-corrected chi connectivity index (χ3v) is 4.36. The zero-order valence-electron chi connectivity index (χ0n) is 13.7. The van der Waals surface area contributed by atoms with Crippen LogP contribution in [0.3, 0.4) is 0 Å². The zero-order chi connectivity index (χ0) is 16.2. The molecule has 1 unspecified atom stereocenters. The normalized spacial score (nSPS) is 17.5. The molecule has 1 heterocycles. The van der Waals surface area contributed by atoms with Crippen LogP contribution in [-0.2, 0) is 4.79 Å². The summed E-state index contributed by atoms with van der Waals surface area (Å²) in [6.45, 7) is 2.15. The van der Waals surface area contributed by atoms with Gasteiger partial charge in [-0.3, -0.25) is 4.79 Å². The molecule has 0 N–H and O–H groups in total. The largest absolute Gasteiger partial charge is 0.313 e. The van der Waals surface area contributed by atoms with Crippen LogP contribution in [-0.4, -0.2) is 18.7 Å². The van der Waals surface area contributed by atoms with Crippen molar-refractivity contribution >= 4 is 23.0 Å². The molecule has 0 radical (unpaired) electrons. The lowest BCUT2D eigenvalue weighted by molar-refractivity contribution is -0.120. The number of hydrogen-bond acceptors (Lipinski definition) is 2. The highest BCUT2D eigenvalue weighted by Gasteiger charge is 2.31. The van der Waals surface area contributed by atoms with E-state index < -0.39 is 0 Å². The van der Waals surface area contributed by atoms with E-state index >= 15 is 0 Å². The topological polar surface area (TPSA) is 32.7 Å². The van der Waals surface area contributed by atoms with Gasteiger partial charge in [-0.2, -0.15) is 0 Å². The molecule has 0 aliphatic carbocycles. The van der Waals surface area contributed by atoms with Gasteiger partial charge < -0.3 is 4.90 Å². The van der Waals surface area contributed by atoms with Gasteiger partial charge in [-0.15, -0.1) is 0 Å². The monoisotopic (exact) mass is 306 g/mol. The fourth-order valence-corrected chi connectivity index (χ4v) is 3.06. The van der Waals surface area contributed by atoms with E-state index in [1.165, 1.54) is 0 Å². The average Bonchev–Trinajstić information content (AvgIpc) is 2.70. The van der Waals surface area contributed by atoms with Crippen molar-refractivity contribution < 1.29 is 4.79 Å². The molecule has 1 amide bonds. The molecule has 3 nitrogen and oxygen atoms in total. The number of amides is 1. The maximum Gasteiger partial charge on any atom is 0.235 e. The molecule has 0 saturated heterocycles. The number of anilines is 1. The van der Waals surface area contributed by atoms with Crippen molar-refractivity contribution in [2.75, 3.05) is 11.9 Å². The first-order valence-electron chi connectivity index (χ1n) is 8.23. The van der Waals surface area contributed by atoms with E-state index in [0.717, 1.165) is 41.9 Å². The lowest BCUT2D eigenvalue weighted by Gasteiger charge is -2.22. The van der Waals surface area contributed by atoms with Crippen LogP contribution in [0, 0.1) is 5.92 Å². The molecule has 3 rings (SSSR count). The van der Waals surface area contributed by atoms with Gasteiger partial charge >= 0.3 is 0 Å². The first-order valence-corrected chi connectivity index (χ1v) is 8.23. The molecule has 1 atom stereocenters. The number of nitrogens with zero attached hydrogens (tertiary/aromatic N) is 2. The predicted molar refractivity (Wildman–Crippen MR) is 95.5 cm³/mol. The van der Waals surface area contributed by atoms with Crippen molar-refractivity contribution in [2.45, 2.75) is 26.2 Å².